The monoisotopic (exact) mass is 253 g/mol. The number of oxime groups is 1. The lowest BCUT2D eigenvalue weighted by atomic mass is 10.1. The van der Waals surface area contributed by atoms with E-state index in [4.69, 9.17) is 21.2 Å². The second-order valence-electron chi connectivity index (χ2n) is 3.61. The van der Waals surface area contributed by atoms with Gasteiger partial charge in [0.2, 0.25) is 0 Å². The molecule has 0 radical (unpaired) electrons. The fourth-order valence-corrected chi connectivity index (χ4v) is 1.47. The zero-order valence-corrected chi connectivity index (χ0v) is 9.65. The fraction of sp³-hybridized carbons (Fsp3) is 0.273. The Morgan fingerprint density at radius 2 is 2.17 bits per heavy atom. The van der Waals surface area contributed by atoms with Crippen molar-refractivity contribution in [3.8, 4) is 0 Å². The van der Waals surface area contributed by atoms with Gasteiger partial charge in [-0.1, -0.05) is 23.4 Å². The third-order valence-electron chi connectivity index (χ3n) is 2.34. The maximum atomic E-state index is 10.9. The minimum Gasteiger partial charge on any atom is -0.465 e. The average Bonchev–Trinajstić information content (AvgIpc) is 2.37. The molecule has 1 aromatic rings. The van der Waals surface area contributed by atoms with E-state index in [0.717, 1.165) is 4.90 Å². The molecule has 0 bridgehead atoms. The number of nitrogens with zero attached hydrogens (tertiary/aromatic N) is 2. The molecule has 0 fully saturated rings. The highest BCUT2D eigenvalue weighted by Gasteiger charge is 2.12. The molecule has 0 atom stereocenters. The Kier molecular flexibility index (Phi) is 4.94. The van der Waals surface area contributed by atoms with E-state index >= 15 is 0 Å². The lowest BCUT2D eigenvalue weighted by Gasteiger charge is -2.18. The van der Waals surface area contributed by atoms with Crippen LogP contribution in [0, 0.1) is 0 Å². The molecule has 0 spiro atoms. The third-order valence-corrected chi connectivity index (χ3v) is 2.34. The van der Waals surface area contributed by atoms with Gasteiger partial charge in [0.1, 0.15) is 0 Å². The van der Waals surface area contributed by atoms with Crippen molar-refractivity contribution in [2.24, 2.45) is 10.9 Å². The summed E-state index contributed by atoms with van der Waals surface area (Å²) in [7, 11) is 0. The number of hydrogen-bond donors (Lipinski definition) is 4. The Morgan fingerprint density at radius 1 is 1.44 bits per heavy atom. The van der Waals surface area contributed by atoms with Crippen LogP contribution in [0.15, 0.2) is 29.4 Å². The highest BCUT2D eigenvalue weighted by molar-refractivity contribution is 5.97. The van der Waals surface area contributed by atoms with Crippen molar-refractivity contribution >= 4 is 11.9 Å². The number of rotatable bonds is 5. The van der Waals surface area contributed by atoms with Crippen molar-refractivity contribution in [2.75, 3.05) is 13.2 Å². The molecule has 0 unspecified atom stereocenters. The van der Waals surface area contributed by atoms with Crippen LogP contribution in [0.5, 0.6) is 0 Å². The van der Waals surface area contributed by atoms with Gasteiger partial charge in [-0.25, -0.2) is 4.79 Å². The molecule has 5 N–H and O–H groups in total. The number of aliphatic hydroxyl groups is 1. The van der Waals surface area contributed by atoms with Gasteiger partial charge in [-0.15, -0.1) is 0 Å². The van der Waals surface area contributed by atoms with E-state index in [1.54, 1.807) is 24.3 Å². The summed E-state index contributed by atoms with van der Waals surface area (Å²) >= 11 is 0. The van der Waals surface area contributed by atoms with E-state index in [0.29, 0.717) is 11.1 Å². The van der Waals surface area contributed by atoms with Crippen molar-refractivity contribution in [3.63, 3.8) is 0 Å². The summed E-state index contributed by atoms with van der Waals surface area (Å²) in [5, 5.41) is 29.1. The van der Waals surface area contributed by atoms with Crippen molar-refractivity contribution < 1.29 is 20.2 Å². The van der Waals surface area contributed by atoms with Crippen LogP contribution in [-0.2, 0) is 6.54 Å². The Balaban J connectivity index is 2.86. The number of aliphatic hydroxyl groups excluding tert-OH is 1. The molecule has 98 valence electrons. The summed E-state index contributed by atoms with van der Waals surface area (Å²) in [6.45, 7) is -0.0855. The average molecular weight is 253 g/mol. The first kappa shape index (κ1) is 13.8. The topological polar surface area (TPSA) is 119 Å². The van der Waals surface area contributed by atoms with E-state index in [9.17, 15) is 4.79 Å². The van der Waals surface area contributed by atoms with Crippen LogP contribution in [0.1, 0.15) is 11.1 Å². The summed E-state index contributed by atoms with van der Waals surface area (Å²) in [6.07, 6.45) is -1.11. The van der Waals surface area contributed by atoms with Gasteiger partial charge >= 0.3 is 6.09 Å². The highest BCUT2D eigenvalue weighted by atomic mass is 16.4. The quantitative estimate of drug-likeness (QED) is 0.259. The number of carbonyl (C=O) groups is 1. The molecule has 0 saturated heterocycles. The zero-order chi connectivity index (χ0) is 13.5. The van der Waals surface area contributed by atoms with Crippen molar-refractivity contribution in [1.29, 1.82) is 0 Å². The second kappa shape index (κ2) is 6.45. The third kappa shape index (κ3) is 3.63. The number of benzene rings is 1. The van der Waals surface area contributed by atoms with E-state index < -0.39 is 6.09 Å². The maximum Gasteiger partial charge on any atom is 0.407 e. The molecule has 0 aromatic heterocycles. The van der Waals surface area contributed by atoms with Crippen LogP contribution < -0.4 is 5.73 Å². The van der Waals surface area contributed by atoms with Crippen LogP contribution in [0.4, 0.5) is 4.79 Å². The van der Waals surface area contributed by atoms with Crippen molar-refractivity contribution in [3.05, 3.63) is 35.4 Å². The first-order valence-electron chi connectivity index (χ1n) is 5.24. The minimum atomic E-state index is -1.11. The van der Waals surface area contributed by atoms with Gasteiger partial charge in [-0.3, -0.25) is 0 Å². The van der Waals surface area contributed by atoms with E-state index in [1.807, 2.05) is 0 Å². The SMILES string of the molecule is N/C(=N/O)c1cccc(CN(CCO)C(=O)O)c1. The van der Waals surface area contributed by atoms with Gasteiger partial charge in [-0.05, 0) is 11.6 Å². The van der Waals surface area contributed by atoms with Crippen molar-refractivity contribution in [2.45, 2.75) is 6.54 Å². The Labute approximate surface area is 104 Å². The normalized spacial score (nSPS) is 11.3. The number of amidine groups is 1. The van der Waals surface area contributed by atoms with Crippen LogP contribution in [0.3, 0.4) is 0 Å². The highest BCUT2D eigenvalue weighted by Crippen LogP contribution is 2.08. The molecular weight excluding hydrogens is 238 g/mol. The minimum absolute atomic E-state index is 0.0309. The molecule has 0 heterocycles. The summed E-state index contributed by atoms with van der Waals surface area (Å²) < 4.78 is 0. The lowest BCUT2D eigenvalue weighted by molar-refractivity contribution is 0.129. The number of hydrogen-bond acceptors (Lipinski definition) is 4. The fourth-order valence-electron chi connectivity index (χ4n) is 1.47. The van der Waals surface area contributed by atoms with Gasteiger partial charge in [0.25, 0.3) is 0 Å². The van der Waals surface area contributed by atoms with Crippen LogP contribution in [-0.4, -0.2) is 45.4 Å². The second-order valence-corrected chi connectivity index (χ2v) is 3.61. The molecule has 1 rings (SSSR count). The van der Waals surface area contributed by atoms with Crippen LogP contribution in [0.2, 0.25) is 0 Å². The van der Waals surface area contributed by atoms with E-state index in [2.05, 4.69) is 5.16 Å². The molecule has 0 aliphatic rings. The lowest BCUT2D eigenvalue weighted by Crippen LogP contribution is -2.31. The molecule has 1 aromatic carbocycles. The van der Waals surface area contributed by atoms with Crippen LogP contribution >= 0.6 is 0 Å². The molecule has 7 heteroatoms. The smallest absolute Gasteiger partial charge is 0.407 e. The maximum absolute atomic E-state index is 10.9. The number of carboxylic acid groups (broad SMARTS) is 1. The van der Waals surface area contributed by atoms with Gasteiger partial charge < -0.3 is 26.1 Å². The molecule has 7 nitrogen and oxygen atoms in total. The Hall–Kier alpha value is -2.28. The van der Waals surface area contributed by atoms with Gasteiger partial charge in [0, 0.05) is 18.7 Å². The Morgan fingerprint density at radius 3 is 2.72 bits per heavy atom. The summed E-state index contributed by atoms with van der Waals surface area (Å²) in [6, 6.07) is 6.68. The molecule has 0 saturated carbocycles. The summed E-state index contributed by atoms with van der Waals surface area (Å²) in [5.74, 6) is -0.0408. The van der Waals surface area contributed by atoms with Crippen LogP contribution in [0.25, 0.3) is 0 Å². The van der Waals surface area contributed by atoms with Gasteiger partial charge in [-0.2, -0.15) is 0 Å². The largest absolute Gasteiger partial charge is 0.465 e. The van der Waals surface area contributed by atoms with Gasteiger partial charge in [0.05, 0.1) is 6.61 Å². The zero-order valence-electron chi connectivity index (χ0n) is 9.65. The molecule has 0 aliphatic heterocycles. The number of amides is 1. The predicted molar refractivity (Wildman–Crippen MR) is 64.5 cm³/mol. The summed E-state index contributed by atoms with van der Waals surface area (Å²) in [4.78, 5) is 12.0. The molecule has 0 aliphatic carbocycles. The van der Waals surface area contributed by atoms with Gasteiger partial charge in [0.15, 0.2) is 5.84 Å². The Bertz CT molecular complexity index is 448. The molecule has 1 amide bonds. The molecular formula is C11H15N3O4. The van der Waals surface area contributed by atoms with E-state index in [-0.39, 0.29) is 25.5 Å². The standard InChI is InChI=1S/C11H15N3O4/c12-10(13-18)9-3-1-2-8(6-9)7-14(4-5-15)11(16)17/h1-3,6,15,18H,4-5,7H2,(H2,12,13)(H,16,17). The summed E-state index contributed by atoms with van der Waals surface area (Å²) in [5.41, 5.74) is 6.64. The first-order valence-corrected chi connectivity index (χ1v) is 5.24. The number of nitrogens with two attached hydrogens (primary N) is 1. The molecule has 18 heavy (non-hydrogen) atoms. The predicted octanol–water partition coefficient (Wildman–Crippen LogP) is 0.253. The first-order chi connectivity index (χ1) is 8.58. The van der Waals surface area contributed by atoms with E-state index in [1.165, 1.54) is 0 Å². The van der Waals surface area contributed by atoms with Crippen molar-refractivity contribution in [1.82, 2.24) is 4.90 Å².